The van der Waals surface area contributed by atoms with E-state index in [0.29, 0.717) is 0 Å². The van der Waals surface area contributed by atoms with Gasteiger partial charge in [-0.05, 0) is 24.3 Å². The highest BCUT2D eigenvalue weighted by molar-refractivity contribution is 8.02. The van der Waals surface area contributed by atoms with Crippen molar-refractivity contribution < 1.29 is 0 Å². The summed E-state index contributed by atoms with van der Waals surface area (Å²) < 4.78 is 0. The van der Waals surface area contributed by atoms with Crippen molar-refractivity contribution in [2.45, 2.75) is 19.7 Å². The van der Waals surface area contributed by atoms with Gasteiger partial charge in [-0.15, -0.1) is 0 Å². The number of nitrogens with zero attached hydrogens (tertiary/aromatic N) is 2. The molecule has 0 spiro atoms. The Kier molecular flexibility index (Phi) is 5.07. The van der Waals surface area contributed by atoms with Gasteiger partial charge in [-0.3, -0.25) is 0 Å². The predicted octanol–water partition coefficient (Wildman–Crippen LogP) is 6.93. The molecule has 0 aliphatic rings. The Morgan fingerprint density at radius 3 is 1.86 bits per heavy atom. The molecule has 3 aromatic carbocycles. The maximum absolute atomic E-state index is 4.65. The molecule has 1 N–H and O–H groups in total. The van der Waals surface area contributed by atoms with Crippen molar-refractivity contribution in [3.8, 4) is 11.3 Å². The summed E-state index contributed by atoms with van der Waals surface area (Å²) in [6.45, 7) is 0. The number of aromatic nitrogens is 3. The molecule has 0 fully saturated rings. The smallest absolute Gasteiger partial charge is 0.143 e. The van der Waals surface area contributed by atoms with E-state index in [0.717, 1.165) is 32.2 Å². The van der Waals surface area contributed by atoms with Gasteiger partial charge in [-0.25, -0.2) is 9.97 Å². The number of hydrogen-bond donors (Lipinski definition) is 1. The van der Waals surface area contributed by atoms with Gasteiger partial charge in [0.2, 0.25) is 0 Å². The first-order valence-corrected chi connectivity index (χ1v) is 10.9. The number of aromatic amines is 1. The minimum absolute atomic E-state index is 0.857. The van der Waals surface area contributed by atoms with Crippen LogP contribution in [0.3, 0.4) is 0 Å². The molecule has 29 heavy (non-hydrogen) atoms. The number of hydrogen-bond acceptors (Lipinski definition) is 4. The van der Waals surface area contributed by atoms with Gasteiger partial charge in [0.05, 0.1) is 21.0 Å². The van der Waals surface area contributed by atoms with Crippen molar-refractivity contribution >= 4 is 34.6 Å². The molecule has 5 heteroatoms. The van der Waals surface area contributed by atoms with Gasteiger partial charge in [0, 0.05) is 15.4 Å². The lowest BCUT2D eigenvalue weighted by Gasteiger charge is -2.07. The van der Waals surface area contributed by atoms with Crippen LogP contribution in [0.2, 0.25) is 0 Å². The van der Waals surface area contributed by atoms with Crippen LogP contribution in [0.15, 0.2) is 117 Å². The molecule has 0 aliphatic carbocycles. The van der Waals surface area contributed by atoms with Gasteiger partial charge in [0.25, 0.3) is 0 Å². The van der Waals surface area contributed by atoms with Crippen LogP contribution in [0.4, 0.5) is 0 Å². The van der Waals surface area contributed by atoms with Crippen LogP contribution in [0, 0.1) is 0 Å². The molecule has 3 nitrogen and oxygen atoms in total. The molecule has 0 aliphatic heterocycles. The Hall–Kier alpha value is -3.02. The average Bonchev–Trinajstić information content (AvgIpc) is 3.13. The molecule has 0 saturated carbocycles. The summed E-state index contributed by atoms with van der Waals surface area (Å²) >= 11 is 3.47. The fraction of sp³-hybridized carbons (Fsp3) is 0. The van der Waals surface area contributed by atoms with E-state index >= 15 is 0 Å². The van der Waals surface area contributed by atoms with Crippen LogP contribution in [0.25, 0.3) is 22.3 Å². The molecular weight excluding hydrogens is 394 g/mol. The SMILES string of the molecule is c1ccc(Sc2[nH]c3ncnc(-c4ccccc4)c3c2Sc2ccccc2)cc1. The van der Waals surface area contributed by atoms with Crippen LogP contribution in [-0.2, 0) is 0 Å². The minimum atomic E-state index is 0.857. The van der Waals surface area contributed by atoms with E-state index in [-0.39, 0.29) is 0 Å². The van der Waals surface area contributed by atoms with E-state index in [1.54, 1.807) is 29.9 Å². The molecule has 2 heterocycles. The largest absolute Gasteiger partial charge is 0.333 e. The lowest BCUT2D eigenvalue weighted by molar-refractivity contribution is 1.12. The maximum atomic E-state index is 4.65. The molecule has 5 aromatic rings. The summed E-state index contributed by atoms with van der Waals surface area (Å²) in [5.41, 5.74) is 2.89. The van der Waals surface area contributed by atoms with Crippen molar-refractivity contribution in [3.05, 3.63) is 97.3 Å². The first-order valence-electron chi connectivity index (χ1n) is 9.26. The fourth-order valence-electron chi connectivity index (χ4n) is 3.17. The highest BCUT2D eigenvalue weighted by Crippen LogP contribution is 2.44. The molecule has 0 saturated heterocycles. The van der Waals surface area contributed by atoms with E-state index < -0.39 is 0 Å². The van der Waals surface area contributed by atoms with Gasteiger partial charge in [-0.2, -0.15) is 0 Å². The van der Waals surface area contributed by atoms with E-state index in [1.807, 2.05) is 30.3 Å². The lowest BCUT2D eigenvalue weighted by Crippen LogP contribution is -1.87. The quantitative estimate of drug-likeness (QED) is 0.340. The Balaban J connectivity index is 1.70. The number of nitrogens with one attached hydrogen (secondary N) is 1. The summed E-state index contributed by atoms with van der Waals surface area (Å²) in [5, 5.41) is 2.14. The number of rotatable bonds is 5. The van der Waals surface area contributed by atoms with Crippen molar-refractivity contribution in [2.75, 3.05) is 0 Å². The third-order valence-electron chi connectivity index (χ3n) is 4.49. The Labute approximate surface area is 177 Å². The summed E-state index contributed by atoms with van der Waals surface area (Å²) in [6, 6.07) is 31.1. The molecule has 5 rings (SSSR count). The number of H-pyrrole nitrogens is 1. The van der Waals surface area contributed by atoms with Gasteiger partial charge >= 0.3 is 0 Å². The van der Waals surface area contributed by atoms with Gasteiger partial charge in [-0.1, -0.05) is 90.3 Å². The molecular formula is C24H17N3S2. The number of benzene rings is 3. The van der Waals surface area contributed by atoms with Crippen LogP contribution in [0.1, 0.15) is 0 Å². The topological polar surface area (TPSA) is 41.6 Å². The molecule has 0 unspecified atom stereocenters. The lowest BCUT2D eigenvalue weighted by atomic mass is 10.1. The second-order valence-corrected chi connectivity index (χ2v) is 8.59. The minimum Gasteiger partial charge on any atom is -0.333 e. The summed E-state index contributed by atoms with van der Waals surface area (Å²) in [5.74, 6) is 0. The zero-order valence-corrected chi connectivity index (χ0v) is 17.1. The molecule has 0 radical (unpaired) electrons. The predicted molar refractivity (Wildman–Crippen MR) is 120 cm³/mol. The summed E-state index contributed by atoms with van der Waals surface area (Å²) in [7, 11) is 0. The van der Waals surface area contributed by atoms with Crippen molar-refractivity contribution in [2.24, 2.45) is 0 Å². The van der Waals surface area contributed by atoms with E-state index in [1.165, 1.54) is 9.79 Å². The van der Waals surface area contributed by atoms with Crippen LogP contribution in [0.5, 0.6) is 0 Å². The molecule has 0 bridgehead atoms. The Morgan fingerprint density at radius 1 is 0.621 bits per heavy atom. The van der Waals surface area contributed by atoms with Crippen LogP contribution < -0.4 is 0 Å². The molecule has 140 valence electrons. The zero-order valence-electron chi connectivity index (χ0n) is 15.4. The van der Waals surface area contributed by atoms with Crippen LogP contribution in [-0.4, -0.2) is 15.0 Å². The third kappa shape index (κ3) is 3.79. The summed E-state index contributed by atoms with van der Waals surface area (Å²) in [4.78, 5) is 16.2. The second kappa shape index (κ2) is 8.15. The third-order valence-corrected chi connectivity index (χ3v) is 6.75. The van der Waals surface area contributed by atoms with Crippen molar-refractivity contribution in [1.29, 1.82) is 0 Å². The summed E-state index contributed by atoms with van der Waals surface area (Å²) in [6.07, 6.45) is 1.63. The van der Waals surface area contributed by atoms with Gasteiger partial charge in [0.15, 0.2) is 0 Å². The van der Waals surface area contributed by atoms with E-state index in [2.05, 4.69) is 75.6 Å². The molecule has 2 aromatic heterocycles. The Bertz CT molecular complexity index is 1240. The first kappa shape index (κ1) is 18.0. The van der Waals surface area contributed by atoms with Gasteiger partial charge in [0.1, 0.15) is 12.0 Å². The average molecular weight is 412 g/mol. The molecule has 0 amide bonds. The van der Waals surface area contributed by atoms with Crippen molar-refractivity contribution in [3.63, 3.8) is 0 Å². The molecule has 0 atom stereocenters. The van der Waals surface area contributed by atoms with E-state index in [4.69, 9.17) is 0 Å². The maximum Gasteiger partial charge on any atom is 0.143 e. The monoisotopic (exact) mass is 411 g/mol. The first-order chi connectivity index (χ1) is 14.4. The van der Waals surface area contributed by atoms with E-state index in [9.17, 15) is 0 Å². The second-order valence-electron chi connectivity index (χ2n) is 6.43. The highest BCUT2D eigenvalue weighted by atomic mass is 32.2. The standard InChI is InChI=1S/C24H17N3S2/c1-4-10-17(11-5-1)21-20-22(28-18-12-6-2-7-13-18)24(27-23(20)26-16-25-21)29-19-14-8-3-9-15-19/h1-16H,(H,25,26,27). The Morgan fingerprint density at radius 2 is 1.21 bits per heavy atom. The van der Waals surface area contributed by atoms with Crippen LogP contribution >= 0.6 is 23.5 Å². The highest BCUT2D eigenvalue weighted by Gasteiger charge is 2.19. The number of fused-ring (bicyclic) bond motifs is 1. The van der Waals surface area contributed by atoms with Gasteiger partial charge < -0.3 is 4.98 Å². The zero-order chi connectivity index (χ0) is 19.5. The normalized spacial score (nSPS) is 11.0. The van der Waals surface area contributed by atoms with Crippen molar-refractivity contribution in [1.82, 2.24) is 15.0 Å². The fourth-order valence-corrected chi connectivity index (χ4v) is 5.26.